The molecule has 0 bridgehead atoms. The number of amides is 1. The minimum atomic E-state index is -0.268. The summed E-state index contributed by atoms with van der Waals surface area (Å²) in [5, 5.41) is 0. The van der Waals surface area contributed by atoms with E-state index < -0.39 is 0 Å². The van der Waals surface area contributed by atoms with Crippen molar-refractivity contribution in [3.63, 3.8) is 0 Å². The molecule has 1 aromatic carbocycles. The Morgan fingerprint density at radius 1 is 1.19 bits per heavy atom. The molecular weight excluding hydrogens is 267 g/mol. The molecule has 0 unspecified atom stereocenters. The maximum absolute atomic E-state index is 13.2. The summed E-state index contributed by atoms with van der Waals surface area (Å²) in [4.78, 5) is 17.0. The minimum Gasteiger partial charge on any atom is -0.338 e. The van der Waals surface area contributed by atoms with Gasteiger partial charge >= 0.3 is 0 Å². The van der Waals surface area contributed by atoms with E-state index in [0.717, 1.165) is 31.5 Å². The van der Waals surface area contributed by atoms with Gasteiger partial charge in [-0.2, -0.15) is 0 Å². The topological polar surface area (TPSA) is 23.6 Å². The third kappa shape index (κ3) is 3.62. The number of carbonyl (C=O) groups excluding carboxylic acids is 1. The highest BCUT2D eigenvalue weighted by atomic mass is 19.1. The van der Waals surface area contributed by atoms with Crippen LogP contribution in [0.2, 0.25) is 0 Å². The Hall–Kier alpha value is -1.42. The van der Waals surface area contributed by atoms with Gasteiger partial charge in [0.25, 0.3) is 0 Å². The molecule has 0 aliphatic carbocycles. The zero-order valence-corrected chi connectivity index (χ0v) is 12.4. The highest BCUT2D eigenvalue weighted by Gasteiger charge is 2.30. The first kappa shape index (κ1) is 14.5. The van der Waals surface area contributed by atoms with Crippen molar-refractivity contribution in [2.45, 2.75) is 38.1 Å². The average Bonchev–Trinajstić information content (AvgIpc) is 3.10. The molecule has 2 saturated heterocycles. The summed E-state index contributed by atoms with van der Waals surface area (Å²) in [6.07, 6.45) is 5.07. The molecule has 0 aromatic heterocycles. The van der Waals surface area contributed by atoms with Gasteiger partial charge in [-0.3, -0.25) is 4.79 Å². The van der Waals surface area contributed by atoms with Gasteiger partial charge < -0.3 is 9.80 Å². The van der Waals surface area contributed by atoms with Gasteiger partial charge in [0.15, 0.2) is 0 Å². The van der Waals surface area contributed by atoms with Crippen LogP contribution in [0.1, 0.15) is 31.2 Å². The summed E-state index contributed by atoms with van der Waals surface area (Å²) < 4.78 is 13.2. The summed E-state index contributed by atoms with van der Waals surface area (Å²) in [5.74, 6) is -0.127. The Morgan fingerprint density at radius 2 is 2.00 bits per heavy atom. The van der Waals surface area contributed by atoms with Gasteiger partial charge in [-0.05, 0) is 56.5 Å². The summed E-state index contributed by atoms with van der Waals surface area (Å²) in [5.41, 5.74) is 0.770. The quantitative estimate of drug-likeness (QED) is 0.850. The lowest BCUT2D eigenvalue weighted by atomic mass is 10.1. The molecule has 2 aliphatic rings. The summed E-state index contributed by atoms with van der Waals surface area (Å²) in [6.45, 7) is 4.20. The van der Waals surface area contributed by atoms with Crippen LogP contribution in [0.15, 0.2) is 24.3 Å². The molecule has 2 fully saturated rings. The molecule has 0 radical (unpaired) electrons. The van der Waals surface area contributed by atoms with Crippen molar-refractivity contribution in [3.05, 3.63) is 35.6 Å². The SMILES string of the molecule is O=C(Cc1cccc(F)c1)N1CCC[C@@H]1CN1CCCC1. The summed E-state index contributed by atoms with van der Waals surface area (Å²) >= 11 is 0. The Morgan fingerprint density at radius 3 is 2.76 bits per heavy atom. The van der Waals surface area contributed by atoms with E-state index in [1.807, 2.05) is 11.0 Å². The monoisotopic (exact) mass is 290 g/mol. The smallest absolute Gasteiger partial charge is 0.227 e. The lowest BCUT2D eigenvalue weighted by Gasteiger charge is -2.28. The molecule has 21 heavy (non-hydrogen) atoms. The molecule has 114 valence electrons. The molecule has 1 amide bonds. The molecule has 0 spiro atoms. The van der Waals surface area contributed by atoms with Crippen LogP contribution in [-0.2, 0) is 11.2 Å². The molecule has 1 atom stereocenters. The number of hydrogen-bond donors (Lipinski definition) is 0. The molecule has 1 aromatic rings. The van der Waals surface area contributed by atoms with E-state index in [-0.39, 0.29) is 11.7 Å². The molecule has 3 rings (SSSR count). The van der Waals surface area contributed by atoms with Crippen molar-refractivity contribution in [2.24, 2.45) is 0 Å². The first-order valence-corrected chi connectivity index (χ1v) is 7.98. The van der Waals surface area contributed by atoms with Crippen LogP contribution in [0, 0.1) is 5.82 Å². The van der Waals surface area contributed by atoms with Crippen molar-refractivity contribution >= 4 is 5.91 Å². The van der Waals surface area contributed by atoms with Gasteiger partial charge in [0, 0.05) is 19.1 Å². The van der Waals surface area contributed by atoms with Gasteiger partial charge in [0.1, 0.15) is 5.82 Å². The lowest BCUT2D eigenvalue weighted by Crippen LogP contribution is -2.43. The van der Waals surface area contributed by atoms with Gasteiger partial charge in [0.05, 0.1) is 6.42 Å². The zero-order valence-electron chi connectivity index (χ0n) is 12.4. The van der Waals surface area contributed by atoms with E-state index in [9.17, 15) is 9.18 Å². The Kier molecular flexibility index (Phi) is 4.54. The third-order valence-corrected chi connectivity index (χ3v) is 4.61. The molecule has 2 aliphatic heterocycles. The molecule has 0 saturated carbocycles. The largest absolute Gasteiger partial charge is 0.338 e. The van der Waals surface area contributed by atoms with Crippen LogP contribution in [0.5, 0.6) is 0 Å². The fourth-order valence-electron chi connectivity index (χ4n) is 3.54. The van der Waals surface area contributed by atoms with Crippen molar-refractivity contribution < 1.29 is 9.18 Å². The first-order chi connectivity index (χ1) is 10.2. The van der Waals surface area contributed by atoms with Crippen LogP contribution in [-0.4, -0.2) is 47.9 Å². The Balaban J connectivity index is 1.60. The van der Waals surface area contributed by atoms with Gasteiger partial charge in [-0.1, -0.05) is 12.1 Å². The maximum atomic E-state index is 13.2. The third-order valence-electron chi connectivity index (χ3n) is 4.61. The zero-order chi connectivity index (χ0) is 14.7. The van der Waals surface area contributed by atoms with Crippen LogP contribution < -0.4 is 0 Å². The fourth-order valence-corrected chi connectivity index (χ4v) is 3.54. The minimum absolute atomic E-state index is 0.141. The Labute approximate surface area is 125 Å². The number of likely N-dealkylation sites (tertiary alicyclic amines) is 2. The fraction of sp³-hybridized carbons (Fsp3) is 0.588. The van der Waals surface area contributed by atoms with E-state index in [2.05, 4.69) is 4.90 Å². The lowest BCUT2D eigenvalue weighted by molar-refractivity contribution is -0.131. The summed E-state index contributed by atoms with van der Waals surface area (Å²) in [6, 6.07) is 6.73. The van der Waals surface area contributed by atoms with Crippen LogP contribution in [0.4, 0.5) is 4.39 Å². The van der Waals surface area contributed by atoms with Crippen LogP contribution in [0.3, 0.4) is 0 Å². The standard InChI is InChI=1S/C17H23FN2O/c18-15-6-3-5-14(11-15)12-17(21)20-10-4-7-16(20)13-19-8-1-2-9-19/h3,5-6,11,16H,1-2,4,7-10,12-13H2/t16-/m1/s1. The number of nitrogens with zero attached hydrogens (tertiary/aromatic N) is 2. The van der Waals surface area contributed by atoms with E-state index >= 15 is 0 Å². The molecule has 4 heteroatoms. The van der Waals surface area contributed by atoms with Crippen molar-refractivity contribution in [1.82, 2.24) is 9.80 Å². The van der Waals surface area contributed by atoms with Crippen LogP contribution in [0.25, 0.3) is 0 Å². The summed E-state index contributed by atoms with van der Waals surface area (Å²) in [7, 11) is 0. The number of rotatable bonds is 4. The molecule has 0 N–H and O–H groups in total. The number of halogens is 1. The van der Waals surface area contributed by atoms with Gasteiger partial charge in [0.2, 0.25) is 5.91 Å². The van der Waals surface area contributed by atoms with Crippen LogP contribution >= 0.6 is 0 Å². The first-order valence-electron chi connectivity index (χ1n) is 7.98. The van der Waals surface area contributed by atoms with Gasteiger partial charge in [-0.15, -0.1) is 0 Å². The van der Waals surface area contributed by atoms with Gasteiger partial charge in [-0.25, -0.2) is 4.39 Å². The molecule has 2 heterocycles. The second-order valence-corrected chi connectivity index (χ2v) is 6.20. The normalized spacial score (nSPS) is 22.9. The maximum Gasteiger partial charge on any atom is 0.227 e. The highest BCUT2D eigenvalue weighted by Crippen LogP contribution is 2.21. The number of hydrogen-bond acceptors (Lipinski definition) is 2. The average molecular weight is 290 g/mol. The number of carbonyl (C=O) groups is 1. The van der Waals surface area contributed by atoms with Crippen molar-refractivity contribution in [1.29, 1.82) is 0 Å². The van der Waals surface area contributed by atoms with E-state index in [1.165, 1.54) is 38.1 Å². The van der Waals surface area contributed by atoms with E-state index in [4.69, 9.17) is 0 Å². The molecular formula is C17H23FN2O. The van der Waals surface area contributed by atoms with Crippen molar-refractivity contribution in [3.8, 4) is 0 Å². The predicted octanol–water partition coefficient (Wildman–Crippen LogP) is 2.46. The Bertz CT molecular complexity index is 499. The number of benzene rings is 1. The second-order valence-electron chi connectivity index (χ2n) is 6.20. The highest BCUT2D eigenvalue weighted by molar-refractivity contribution is 5.79. The van der Waals surface area contributed by atoms with E-state index in [1.54, 1.807) is 6.07 Å². The molecule has 3 nitrogen and oxygen atoms in total. The van der Waals surface area contributed by atoms with Crippen molar-refractivity contribution in [2.75, 3.05) is 26.2 Å². The predicted molar refractivity (Wildman–Crippen MR) is 80.5 cm³/mol. The van der Waals surface area contributed by atoms with E-state index in [0.29, 0.717) is 12.5 Å². The second kappa shape index (κ2) is 6.56.